The fourth-order valence-electron chi connectivity index (χ4n) is 4.03. The van der Waals surface area contributed by atoms with Gasteiger partial charge < -0.3 is 19.2 Å². The Morgan fingerprint density at radius 3 is 1.92 bits per heavy atom. The number of carbonyl (C=O) groups is 2. The zero-order valence-corrected chi connectivity index (χ0v) is 24.7. The first kappa shape index (κ1) is 30.7. The van der Waals surface area contributed by atoms with Gasteiger partial charge in [0.05, 0.1) is 25.2 Å². The van der Waals surface area contributed by atoms with Gasteiger partial charge in [-0.25, -0.2) is 0 Å². The summed E-state index contributed by atoms with van der Waals surface area (Å²) in [4.78, 5) is 27.6. The van der Waals surface area contributed by atoms with Crippen LogP contribution in [0.4, 0.5) is 0 Å². The maximum absolute atomic E-state index is 13.9. The zero-order chi connectivity index (χ0) is 27.8. The number of amides is 1. The van der Waals surface area contributed by atoms with Crippen LogP contribution in [0.25, 0.3) is 0 Å². The minimum atomic E-state index is -2.34. The molecule has 7 heteroatoms. The van der Waals surface area contributed by atoms with Crippen molar-refractivity contribution in [2.24, 2.45) is 5.92 Å². The van der Waals surface area contributed by atoms with Crippen LogP contribution in [0.5, 0.6) is 0 Å². The monoisotopic (exact) mass is 527 g/mol. The summed E-state index contributed by atoms with van der Waals surface area (Å²) in [6.45, 7) is 14.9. The molecule has 0 spiro atoms. The van der Waals surface area contributed by atoms with E-state index in [4.69, 9.17) is 9.16 Å². The van der Waals surface area contributed by atoms with Crippen LogP contribution in [0, 0.1) is 5.92 Å². The van der Waals surface area contributed by atoms with Gasteiger partial charge in [0.15, 0.2) is 8.32 Å². The molecule has 0 saturated heterocycles. The third-order valence-corrected chi connectivity index (χ3v) is 11.8. The molecule has 2 aromatic rings. The number of carboxylic acids is 1. The quantitative estimate of drug-likeness (QED) is 0.316. The van der Waals surface area contributed by atoms with Gasteiger partial charge in [0, 0.05) is 7.05 Å². The van der Waals surface area contributed by atoms with Crippen molar-refractivity contribution in [2.45, 2.75) is 90.4 Å². The SMILES string of the molecule is CC(C)[C@H](OCc1ccccc1)C(=O)N(C)[C@@H](Cc1ccccc1)[C@@H](CC(=O)O)O[Si](C)(C)C(C)(C)C. The van der Waals surface area contributed by atoms with E-state index in [-0.39, 0.29) is 23.3 Å². The van der Waals surface area contributed by atoms with Gasteiger partial charge in [-0.05, 0) is 41.6 Å². The largest absolute Gasteiger partial charge is 0.481 e. The number of aliphatic carboxylic acids is 1. The smallest absolute Gasteiger partial charge is 0.306 e. The summed E-state index contributed by atoms with van der Waals surface area (Å²) >= 11 is 0. The molecular weight excluding hydrogens is 482 g/mol. The van der Waals surface area contributed by atoms with Gasteiger partial charge in [-0.2, -0.15) is 0 Å². The number of hydrogen-bond donors (Lipinski definition) is 1. The Morgan fingerprint density at radius 1 is 0.946 bits per heavy atom. The molecule has 1 N–H and O–H groups in total. The molecule has 2 rings (SSSR count). The van der Waals surface area contributed by atoms with Crippen LogP contribution in [0.3, 0.4) is 0 Å². The summed E-state index contributed by atoms with van der Waals surface area (Å²) in [6, 6.07) is 19.2. The number of ether oxygens (including phenoxy) is 1. The first-order valence-electron chi connectivity index (χ1n) is 13.1. The molecule has 0 aliphatic carbocycles. The summed E-state index contributed by atoms with van der Waals surface area (Å²) in [7, 11) is -0.585. The highest BCUT2D eigenvalue weighted by Crippen LogP contribution is 2.38. The zero-order valence-electron chi connectivity index (χ0n) is 23.7. The molecule has 3 atom stereocenters. The van der Waals surface area contributed by atoms with E-state index in [2.05, 4.69) is 33.9 Å². The second-order valence-corrected chi connectivity index (χ2v) is 16.4. The second-order valence-electron chi connectivity index (χ2n) is 11.7. The van der Waals surface area contributed by atoms with Gasteiger partial charge in [-0.1, -0.05) is 95.3 Å². The maximum Gasteiger partial charge on any atom is 0.306 e. The van der Waals surface area contributed by atoms with Crippen LogP contribution in [0.1, 0.15) is 52.2 Å². The molecule has 0 bridgehead atoms. The average Bonchev–Trinajstić information content (AvgIpc) is 2.81. The Hall–Kier alpha value is -2.48. The van der Waals surface area contributed by atoms with E-state index < -0.39 is 32.5 Å². The molecule has 1 amide bonds. The van der Waals surface area contributed by atoms with Crippen LogP contribution in [0.15, 0.2) is 60.7 Å². The van der Waals surface area contributed by atoms with Crippen molar-refractivity contribution < 1.29 is 23.9 Å². The third kappa shape index (κ3) is 9.09. The molecule has 0 fully saturated rings. The summed E-state index contributed by atoms with van der Waals surface area (Å²) in [6.07, 6.45) is -1.02. The Labute approximate surface area is 224 Å². The number of hydrogen-bond acceptors (Lipinski definition) is 4. The van der Waals surface area contributed by atoms with Gasteiger partial charge in [-0.3, -0.25) is 9.59 Å². The van der Waals surface area contributed by atoms with Crippen molar-refractivity contribution in [1.82, 2.24) is 4.90 Å². The minimum Gasteiger partial charge on any atom is -0.481 e. The topological polar surface area (TPSA) is 76.1 Å². The molecule has 204 valence electrons. The van der Waals surface area contributed by atoms with E-state index in [0.29, 0.717) is 13.0 Å². The van der Waals surface area contributed by atoms with Crippen molar-refractivity contribution in [2.75, 3.05) is 7.05 Å². The number of carboxylic acid groups (broad SMARTS) is 1. The third-order valence-electron chi connectivity index (χ3n) is 7.31. The lowest BCUT2D eigenvalue weighted by Crippen LogP contribution is -2.55. The summed E-state index contributed by atoms with van der Waals surface area (Å²) in [5, 5.41) is 9.73. The number of benzene rings is 2. The maximum atomic E-state index is 13.9. The van der Waals surface area contributed by atoms with Crippen LogP contribution in [0.2, 0.25) is 18.1 Å². The average molecular weight is 528 g/mol. The van der Waals surface area contributed by atoms with E-state index >= 15 is 0 Å². The van der Waals surface area contributed by atoms with E-state index in [0.717, 1.165) is 11.1 Å². The summed E-state index contributed by atoms with van der Waals surface area (Å²) in [5.41, 5.74) is 2.02. The number of carbonyl (C=O) groups excluding carboxylic acids is 1. The van der Waals surface area contributed by atoms with Gasteiger partial charge in [-0.15, -0.1) is 0 Å². The lowest BCUT2D eigenvalue weighted by molar-refractivity contribution is -0.152. The molecule has 0 radical (unpaired) electrons. The lowest BCUT2D eigenvalue weighted by atomic mass is 9.96. The first-order chi connectivity index (χ1) is 17.2. The van der Waals surface area contributed by atoms with Gasteiger partial charge in [0.1, 0.15) is 6.10 Å². The Morgan fingerprint density at radius 2 is 1.46 bits per heavy atom. The van der Waals surface area contributed by atoms with Gasteiger partial charge in [0.2, 0.25) is 0 Å². The first-order valence-corrected chi connectivity index (χ1v) is 16.0. The fraction of sp³-hybridized carbons (Fsp3) is 0.533. The lowest BCUT2D eigenvalue weighted by Gasteiger charge is -2.43. The van der Waals surface area contributed by atoms with Crippen molar-refractivity contribution >= 4 is 20.2 Å². The summed E-state index contributed by atoms with van der Waals surface area (Å²) < 4.78 is 12.9. The van der Waals surface area contributed by atoms with Crippen molar-refractivity contribution in [3.63, 3.8) is 0 Å². The molecule has 0 aliphatic heterocycles. The van der Waals surface area contributed by atoms with Crippen molar-refractivity contribution in [3.05, 3.63) is 71.8 Å². The molecular formula is C30H45NO5Si. The normalized spacial score (nSPS) is 14.7. The van der Waals surface area contributed by atoms with Gasteiger partial charge in [0.25, 0.3) is 5.91 Å². The second kappa shape index (κ2) is 13.4. The van der Waals surface area contributed by atoms with E-state index in [1.807, 2.05) is 74.5 Å². The predicted octanol–water partition coefficient (Wildman–Crippen LogP) is 6.16. The molecule has 2 aromatic carbocycles. The fourth-order valence-corrected chi connectivity index (χ4v) is 5.38. The number of nitrogens with zero attached hydrogens (tertiary/aromatic N) is 1. The Bertz CT molecular complexity index is 988. The molecule has 0 saturated carbocycles. The molecule has 0 aliphatic rings. The number of likely N-dealkylation sites (N-methyl/N-ethyl adjacent to an activating group) is 1. The minimum absolute atomic E-state index is 0.0599. The van der Waals surface area contributed by atoms with Crippen LogP contribution in [-0.4, -0.2) is 55.5 Å². The summed E-state index contributed by atoms with van der Waals surface area (Å²) in [5.74, 6) is -1.17. The molecule has 0 aromatic heterocycles. The Kier molecular flexibility index (Phi) is 11.1. The standard InChI is InChI=1S/C30H45NO5Si/c1-22(2)28(35-21-24-17-13-10-14-18-24)29(34)31(6)25(19-23-15-11-9-12-16-23)26(20-27(32)33)36-37(7,8)30(3,4)5/h9-18,22,25-26,28H,19-21H2,1-8H3,(H,32,33)/t25-,26+,28-/m0/s1. The van der Waals surface area contributed by atoms with E-state index in [1.54, 1.807) is 11.9 Å². The van der Waals surface area contributed by atoms with Crippen LogP contribution in [-0.2, 0) is 31.8 Å². The highest BCUT2D eigenvalue weighted by molar-refractivity contribution is 6.74. The molecule has 6 nitrogen and oxygen atoms in total. The molecule has 37 heavy (non-hydrogen) atoms. The van der Waals surface area contributed by atoms with Crippen molar-refractivity contribution in [3.8, 4) is 0 Å². The molecule has 0 unspecified atom stereocenters. The predicted molar refractivity (Wildman–Crippen MR) is 151 cm³/mol. The number of rotatable bonds is 13. The van der Waals surface area contributed by atoms with Crippen molar-refractivity contribution in [1.29, 1.82) is 0 Å². The van der Waals surface area contributed by atoms with Crippen LogP contribution >= 0.6 is 0 Å². The highest BCUT2D eigenvalue weighted by Gasteiger charge is 2.43. The van der Waals surface area contributed by atoms with Gasteiger partial charge >= 0.3 is 5.97 Å². The van der Waals surface area contributed by atoms with E-state index in [9.17, 15) is 14.7 Å². The van der Waals surface area contributed by atoms with E-state index in [1.165, 1.54) is 0 Å². The van der Waals surface area contributed by atoms with Crippen LogP contribution < -0.4 is 0 Å². The molecule has 0 heterocycles. The Balaban J connectivity index is 2.41. The highest BCUT2D eigenvalue weighted by atomic mass is 28.4.